The normalized spacial score (nSPS) is 16.6. The van der Waals surface area contributed by atoms with Crippen molar-refractivity contribution in [1.82, 2.24) is 10.2 Å². The van der Waals surface area contributed by atoms with Crippen molar-refractivity contribution in [2.24, 2.45) is 0 Å². The molecule has 1 atom stereocenters. The standard InChI is InChI=1S/C18H19ClN2O2S/c1-2-15-13-8-10-24-16(13)7-9-21(15)17(22)11-20-18(23)12-5-3-4-6-14(12)19/h3-6,8,10,15H,2,7,9,11H2,1H3,(H,20,23)/t15-/m1/s1. The fraction of sp³-hybridized carbons (Fsp3) is 0.333. The average molecular weight is 363 g/mol. The number of carbonyl (C=O) groups is 2. The number of thiophene rings is 1. The van der Waals surface area contributed by atoms with Crippen LogP contribution >= 0.6 is 22.9 Å². The van der Waals surface area contributed by atoms with E-state index in [1.807, 2.05) is 4.90 Å². The first-order chi connectivity index (χ1) is 11.6. The zero-order chi connectivity index (χ0) is 17.1. The van der Waals surface area contributed by atoms with Gasteiger partial charge >= 0.3 is 0 Å². The van der Waals surface area contributed by atoms with Crippen LogP contribution in [0.5, 0.6) is 0 Å². The van der Waals surface area contributed by atoms with Crippen LogP contribution in [0.2, 0.25) is 5.02 Å². The molecule has 2 amide bonds. The van der Waals surface area contributed by atoms with E-state index in [0.717, 1.165) is 12.8 Å². The van der Waals surface area contributed by atoms with Gasteiger partial charge < -0.3 is 10.2 Å². The summed E-state index contributed by atoms with van der Waals surface area (Å²) < 4.78 is 0. The van der Waals surface area contributed by atoms with E-state index in [0.29, 0.717) is 17.1 Å². The van der Waals surface area contributed by atoms with Crippen LogP contribution in [-0.2, 0) is 11.2 Å². The number of fused-ring (bicyclic) bond motifs is 1. The number of benzene rings is 1. The Kier molecular flexibility index (Phi) is 5.21. The molecule has 0 saturated heterocycles. The van der Waals surface area contributed by atoms with Crippen LogP contribution < -0.4 is 5.32 Å². The first-order valence-electron chi connectivity index (χ1n) is 8.00. The van der Waals surface area contributed by atoms with E-state index in [1.165, 1.54) is 10.4 Å². The van der Waals surface area contributed by atoms with Gasteiger partial charge in [-0.3, -0.25) is 9.59 Å². The Morgan fingerprint density at radius 1 is 1.33 bits per heavy atom. The number of hydrogen-bond donors (Lipinski definition) is 1. The molecule has 0 radical (unpaired) electrons. The minimum absolute atomic E-state index is 0.0139. The minimum atomic E-state index is -0.324. The number of hydrogen-bond acceptors (Lipinski definition) is 3. The lowest BCUT2D eigenvalue weighted by Gasteiger charge is -2.35. The highest BCUT2D eigenvalue weighted by Crippen LogP contribution is 2.35. The van der Waals surface area contributed by atoms with Crippen LogP contribution in [-0.4, -0.2) is 29.8 Å². The molecule has 0 spiro atoms. The van der Waals surface area contributed by atoms with Crippen LogP contribution in [0.1, 0.15) is 40.2 Å². The summed E-state index contributed by atoms with van der Waals surface area (Å²) in [6.07, 6.45) is 1.75. The topological polar surface area (TPSA) is 49.4 Å². The smallest absolute Gasteiger partial charge is 0.253 e. The maximum atomic E-state index is 12.6. The molecule has 0 bridgehead atoms. The van der Waals surface area contributed by atoms with Gasteiger partial charge in [-0.1, -0.05) is 30.7 Å². The predicted molar refractivity (Wildman–Crippen MR) is 96.6 cm³/mol. The summed E-state index contributed by atoms with van der Waals surface area (Å²) in [4.78, 5) is 28.0. The van der Waals surface area contributed by atoms with Crippen molar-refractivity contribution in [2.75, 3.05) is 13.1 Å². The molecule has 0 aliphatic carbocycles. The SMILES string of the molecule is CC[C@@H]1c2ccsc2CCN1C(=O)CNC(=O)c1ccccc1Cl. The Bertz CT molecular complexity index is 759. The molecule has 0 saturated carbocycles. The van der Waals surface area contributed by atoms with Crippen molar-refractivity contribution in [2.45, 2.75) is 25.8 Å². The lowest BCUT2D eigenvalue weighted by Crippen LogP contribution is -2.44. The number of rotatable bonds is 4. The summed E-state index contributed by atoms with van der Waals surface area (Å²) in [7, 11) is 0. The predicted octanol–water partition coefficient (Wildman–Crippen LogP) is 3.67. The monoisotopic (exact) mass is 362 g/mol. The molecule has 1 aromatic carbocycles. The zero-order valence-electron chi connectivity index (χ0n) is 13.4. The first-order valence-corrected chi connectivity index (χ1v) is 9.26. The van der Waals surface area contributed by atoms with Gasteiger partial charge in [0.2, 0.25) is 5.91 Å². The molecule has 2 aromatic rings. The van der Waals surface area contributed by atoms with E-state index in [-0.39, 0.29) is 24.4 Å². The first kappa shape index (κ1) is 17.0. The molecule has 4 nitrogen and oxygen atoms in total. The fourth-order valence-electron chi connectivity index (χ4n) is 3.13. The summed E-state index contributed by atoms with van der Waals surface area (Å²) in [6, 6.07) is 9.03. The van der Waals surface area contributed by atoms with Crippen molar-refractivity contribution in [3.63, 3.8) is 0 Å². The van der Waals surface area contributed by atoms with Crippen LogP contribution in [0.3, 0.4) is 0 Å². The molecule has 1 aromatic heterocycles. The lowest BCUT2D eigenvalue weighted by molar-refractivity contribution is -0.133. The fourth-order valence-corrected chi connectivity index (χ4v) is 4.28. The van der Waals surface area contributed by atoms with Gasteiger partial charge in [0.05, 0.1) is 23.2 Å². The summed E-state index contributed by atoms with van der Waals surface area (Å²) in [6.45, 7) is 2.77. The third-order valence-electron chi connectivity index (χ3n) is 4.32. The molecule has 0 unspecified atom stereocenters. The Hall–Kier alpha value is -1.85. The largest absolute Gasteiger partial charge is 0.343 e. The van der Waals surface area contributed by atoms with Crippen molar-refractivity contribution in [3.8, 4) is 0 Å². The van der Waals surface area contributed by atoms with Crippen molar-refractivity contribution >= 4 is 34.8 Å². The highest BCUT2D eigenvalue weighted by molar-refractivity contribution is 7.10. The summed E-state index contributed by atoms with van der Waals surface area (Å²) in [5.41, 5.74) is 1.64. The van der Waals surface area contributed by atoms with E-state index in [2.05, 4.69) is 23.7 Å². The Morgan fingerprint density at radius 3 is 2.88 bits per heavy atom. The number of nitrogens with one attached hydrogen (secondary N) is 1. The number of amides is 2. The summed E-state index contributed by atoms with van der Waals surface area (Å²) >= 11 is 7.77. The van der Waals surface area contributed by atoms with Gasteiger partial charge in [-0.25, -0.2) is 0 Å². The average Bonchev–Trinajstić information content (AvgIpc) is 3.07. The van der Waals surface area contributed by atoms with E-state index in [1.54, 1.807) is 35.6 Å². The number of nitrogens with zero attached hydrogens (tertiary/aromatic N) is 1. The third kappa shape index (κ3) is 3.32. The molecule has 1 N–H and O–H groups in total. The molecular formula is C18H19ClN2O2S. The van der Waals surface area contributed by atoms with Gasteiger partial charge in [0.15, 0.2) is 0 Å². The molecule has 24 heavy (non-hydrogen) atoms. The van der Waals surface area contributed by atoms with Gasteiger partial charge in [0, 0.05) is 11.4 Å². The van der Waals surface area contributed by atoms with Gasteiger partial charge in [-0.05, 0) is 42.0 Å². The lowest BCUT2D eigenvalue weighted by atomic mass is 9.98. The highest BCUT2D eigenvalue weighted by Gasteiger charge is 2.30. The van der Waals surface area contributed by atoms with E-state index >= 15 is 0 Å². The van der Waals surface area contributed by atoms with Crippen molar-refractivity contribution < 1.29 is 9.59 Å². The van der Waals surface area contributed by atoms with Gasteiger partial charge in [0.1, 0.15) is 0 Å². The molecule has 126 valence electrons. The maximum Gasteiger partial charge on any atom is 0.253 e. The second-order valence-electron chi connectivity index (χ2n) is 5.72. The van der Waals surface area contributed by atoms with Crippen LogP contribution in [0.4, 0.5) is 0 Å². The molecule has 6 heteroatoms. The quantitative estimate of drug-likeness (QED) is 0.902. The van der Waals surface area contributed by atoms with E-state index in [4.69, 9.17) is 11.6 Å². The van der Waals surface area contributed by atoms with Gasteiger partial charge in [0.25, 0.3) is 5.91 Å². The second kappa shape index (κ2) is 7.36. The maximum absolute atomic E-state index is 12.6. The summed E-state index contributed by atoms with van der Waals surface area (Å²) in [5, 5.41) is 5.16. The molecule has 1 aliphatic heterocycles. The van der Waals surface area contributed by atoms with Gasteiger partial charge in [-0.15, -0.1) is 11.3 Å². The third-order valence-corrected chi connectivity index (χ3v) is 5.65. The molecule has 2 heterocycles. The van der Waals surface area contributed by atoms with E-state index < -0.39 is 0 Å². The Balaban J connectivity index is 1.65. The zero-order valence-corrected chi connectivity index (χ0v) is 15.0. The van der Waals surface area contributed by atoms with Crippen LogP contribution in [0.15, 0.2) is 35.7 Å². The van der Waals surface area contributed by atoms with Crippen LogP contribution in [0.25, 0.3) is 0 Å². The molecule has 1 aliphatic rings. The Labute approximate surface area is 150 Å². The van der Waals surface area contributed by atoms with Gasteiger partial charge in [-0.2, -0.15) is 0 Å². The number of halogens is 1. The minimum Gasteiger partial charge on any atom is -0.343 e. The Morgan fingerprint density at radius 2 is 2.12 bits per heavy atom. The second-order valence-corrected chi connectivity index (χ2v) is 7.13. The molecule has 3 rings (SSSR count). The molecular weight excluding hydrogens is 344 g/mol. The van der Waals surface area contributed by atoms with Crippen LogP contribution in [0, 0.1) is 0 Å². The number of carbonyl (C=O) groups excluding carboxylic acids is 2. The van der Waals surface area contributed by atoms with Crippen molar-refractivity contribution in [1.29, 1.82) is 0 Å². The van der Waals surface area contributed by atoms with Crippen molar-refractivity contribution in [3.05, 3.63) is 56.7 Å². The molecule has 0 fully saturated rings. The highest BCUT2D eigenvalue weighted by atomic mass is 35.5. The van der Waals surface area contributed by atoms with E-state index in [9.17, 15) is 9.59 Å². The summed E-state index contributed by atoms with van der Waals surface area (Å²) in [5.74, 6) is -0.380.